The highest BCUT2D eigenvalue weighted by Crippen LogP contribution is 2.36. The quantitative estimate of drug-likeness (QED) is 0.765. The lowest BCUT2D eigenvalue weighted by atomic mass is 9.93. The molecule has 4 rings (SSSR count). The van der Waals surface area contributed by atoms with Gasteiger partial charge in [-0.05, 0) is 50.7 Å². The van der Waals surface area contributed by atoms with Crippen molar-refractivity contribution < 1.29 is 13.7 Å². The molecule has 1 aliphatic carbocycles. The van der Waals surface area contributed by atoms with Gasteiger partial charge in [0.1, 0.15) is 0 Å². The van der Waals surface area contributed by atoms with E-state index in [0.717, 1.165) is 19.3 Å². The van der Waals surface area contributed by atoms with E-state index in [1.807, 2.05) is 0 Å². The minimum absolute atomic E-state index is 0.0168. The Morgan fingerprint density at radius 3 is 3.04 bits per heavy atom. The first-order valence-corrected chi connectivity index (χ1v) is 9.53. The third kappa shape index (κ3) is 3.91. The van der Waals surface area contributed by atoms with Crippen LogP contribution in [-0.4, -0.2) is 39.0 Å². The Morgan fingerprint density at radius 1 is 1.33 bits per heavy atom. The summed E-state index contributed by atoms with van der Waals surface area (Å²) < 4.78 is 20.8. The molecule has 142 valence electrons. The lowest BCUT2D eigenvalue weighted by Gasteiger charge is -2.35. The lowest BCUT2D eigenvalue weighted by Crippen LogP contribution is -2.46. The Morgan fingerprint density at radius 2 is 2.26 bits per heavy atom. The number of nitrogens with zero attached hydrogens (tertiary/aromatic N) is 4. The standard InChI is InChI=1S/C20H23FN4O2/c21-20(19-23-18(24-27-19)16-8-4-10-22-13-16)9-5-11-25(14-20)17(26)12-15-6-2-1-3-7-15/h4,6,8,10,13H,1-3,5,7,9,11-12,14H2. The number of pyridine rings is 1. The Kier molecular flexibility index (Phi) is 5.01. The summed E-state index contributed by atoms with van der Waals surface area (Å²) in [4.78, 5) is 22.5. The third-order valence-corrected chi connectivity index (χ3v) is 5.29. The second-order valence-corrected chi connectivity index (χ2v) is 7.33. The fourth-order valence-electron chi connectivity index (χ4n) is 3.79. The predicted molar refractivity (Wildman–Crippen MR) is 97.3 cm³/mol. The van der Waals surface area contributed by atoms with E-state index >= 15 is 4.39 Å². The van der Waals surface area contributed by atoms with Crippen molar-refractivity contribution in [2.75, 3.05) is 13.1 Å². The van der Waals surface area contributed by atoms with E-state index in [4.69, 9.17) is 4.52 Å². The zero-order valence-electron chi connectivity index (χ0n) is 15.2. The third-order valence-electron chi connectivity index (χ3n) is 5.29. The number of halogens is 1. The fraction of sp³-hybridized carbons (Fsp3) is 0.500. The van der Waals surface area contributed by atoms with Crippen LogP contribution in [0.2, 0.25) is 0 Å². The maximum Gasteiger partial charge on any atom is 0.266 e. The summed E-state index contributed by atoms with van der Waals surface area (Å²) in [6.45, 7) is 0.537. The smallest absolute Gasteiger partial charge is 0.266 e. The number of likely N-dealkylation sites (tertiary alicyclic amines) is 1. The molecule has 0 radical (unpaired) electrons. The molecule has 6 nitrogen and oxygen atoms in total. The SMILES string of the molecule is O=C(CC1=CCCCC1)N1CCCC(F)(c2nc(-c3cccnc3)no2)C1. The first kappa shape index (κ1) is 17.8. The predicted octanol–water partition coefficient (Wildman–Crippen LogP) is 3.81. The summed E-state index contributed by atoms with van der Waals surface area (Å²) in [7, 11) is 0. The molecule has 1 fully saturated rings. The largest absolute Gasteiger partial charge is 0.339 e. The van der Waals surface area contributed by atoms with E-state index in [2.05, 4.69) is 21.2 Å². The molecule has 1 atom stereocenters. The normalized spacial score (nSPS) is 23.1. The Bertz CT molecular complexity index is 836. The minimum Gasteiger partial charge on any atom is -0.339 e. The fourth-order valence-corrected chi connectivity index (χ4v) is 3.79. The van der Waals surface area contributed by atoms with E-state index < -0.39 is 5.67 Å². The minimum atomic E-state index is -1.80. The zero-order chi connectivity index (χ0) is 18.7. The number of alkyl halides is 1. The number of amides is 1. The summed E-state index contributed by atoms with van der Waals surface area (Å²) in [5.41, 5.74) is 0.0458. The van der Waals surface area contributed by atoms with Crippen LogP contribution in [0, 0.1) is 0 Å². The highest BCUT2D eigenvalue weighted by molar-refractivity contribution is 5.79. The topological polar surface area (TPSA) is 72.1 Å². The van der Waals surface area contributed by atoms with Crippen molar-refractivity contribution in [2.45, 2.75) is 50.6 Å². The van der Waals surface area contributed by atoms with Crippen molar-refractivity contribution in [1.29, 1.82) is 0 Å². The van der Waals surface area contributed by atoms with Gasteiger partial charge in [-0.1, -0.05) is 16.8 Å². The number of rotatable bonds is 4. The van der Waals surface area contributed by atoms with Crippen LogP contribution in [-0.2, 0) is 10.5 Å². The molecule has 0 saturated carbocycles. The summed E-state index contributed by atoms with van der Waals surface area (Å²) in [5.74, 6) is 0.235. The van der Waals surface area contributed by atoms with Crippen molar-refractivity contribution in [3.8, 4) is 11.4 Å². The van der Waals surface area contributed by atoms with Crippen LogP contribution in [0.1, 0.15) is 50.8 Å². The molecular weight excluding hydrogens is 347 g/mol. The molecule has 3 heterocycles. The van der Waals surface area contributed by atoms with Gasteiger partial charge < -0.3 is 9.42 Å². The van der Waals surface area contributed by atoms with Gasteiger partial charge in [-0.15, -0.1) is 0 Å². The van der Waals surface area contributed by atoms with Gasteiger partial charge in [0.15, 0.2) is 0 Å². The van der Waals surface area contributed by atoms with Crippen LogP contribution >= 0.6 is 0 Å². The van der Waals surface area contributed by atoms with Gasteiger partial charge in [0.2, 0.25) is 17.4 Å². The highest BCUT2D eigenvalue weighted by atomic mass is 19.1. The average Bonchev–Trinajstić information content (AvgIpc) is 3.21. The number of carbonyl (C=O) groups excluding carboxylic acids is 1. The molecule has 0 N–H and O–H groups in total. The molecule has 1 amide bonds. The average molecular weight is 370 g/mol. The van der Waals surface area contributed by atoms with Gasteiger partial charge in [-0.25, -0.2) is 4.39 Å². The van der Waals surface area contributed by atoms with Crippen LogP contribution in [0.4, 0.5) is 4.39 Å². The van der Waals surface area contributed by atoms with E-state index in [0.29, 0.717) is 30.8 Å². The number of allylic oxidation sites excluding steroid dienone is 1. The van der Waals surface area contributed by atoms with Crippen molar-refractivity contribution in [3.63, 3.8) is 0 Å². The first-order chi connectivity index (χ1) is 13.1. The molecule has 0 bridgehead atoms. The van der Waals surface area contributed by atoms with Crippen LogP contribution in [0.5, 0.6) is 0 Å². The van der Waals surface area contributed by atoms with Crippen molar-refractivity contribution >= 4 is 5.91 Å². The second-order valence-electron chi connectivity index (χ2n) is 7.33. The van der Waals surface area contributed by atoms with Crippen molar-refractivity contribution in [2.24, 2.45) is 0 Å². The molecule has 0 aromatic carbocycles. The molecule has 7 heteroatoms. The zero-order valence-corrected chi connectivity index (χ0v) is 15.2. The van der Waals surface area contributed by atoms with Gasteiger partial charge in [-0.3, -0.25) is 9.78 Å². The Hall–Kier alpha value is -2.57. The molecule has 0 spiro atoms. The van der Waals surface area contributed by atoms with Crippen molar-refractivity contribution in [1.82, 2.24) is 20.0 Å². The van der Waals surface area contributed by atoms with Crippen LogP contribution in [0.15, 0.2) is 40.7 Å². The maximum atomic E-state index is 15.6. The van der Waals surface area contributed by atoms with Crippen LogP contribution in [0.3, 0.4) is 0 Å². The summed E-state index contributed by atoms with van der Waals surface area (Å²) >= 11 is 0. The number of piperidine rings is 1. The summed E-state index contributed by atoms with van der Waals surface area (Å²) in [6, 6.07) is 3.55. The number of hydrogen-bond acceptors (Lipinski definition) is 5. The molecule has 2 aliphatic rings. The summed E-state index contributed by atoms with van der Waals surface area (Å²) in [6.07, 6.45) is 11.0. The molecule has 2 aromatic heterocycles. The first-order valence-electron chi connectivity index (χ1n) is 9.53. The van der Waals surface area contributed by atoms with Crippen molar-refractivity contribution in [3.05, 3.63) is 42.1 Å². The number of carbonyl (C=O) groups is 1. The van der Waals surface area contributed by atoms with Gasteiger partial charge >= 0.3 is 0 Å². The molecule has 27 heavy (non-hydrogen) atoms. The monoisotopic (exact) mass is 370 g/mol. The summed E-state index contributed by atoms with van der Waals surface area (Å²) in [5, 5.41) is 3.89. The second kappa shape index (κ2) is 7.58. The maximum absolute atomic E-state index is 15.6. The molecule has 1 unspecified atom stereocenters. The molecule has 1 saturated heterocycles. The molecule has 2 aromatic rings. The molecular formula is C20H23FN4O2. The van der Waals surface area contributed by atoms with Crippen LogP contribution in [0.25, 0.3) is 11.4 Å². The highest BCUT2D eigenvalue weighted by Gasteiger charge is 2.43. The van der Waals surface area contributed by atoms with E-state index in [9.17, 15) is 4.79 Å². The van der Waals surface area contributed by atoms with Gasteiger partial charge in [0.05, 0.1) is 6.54 Å². The molecule has 1 aliphatic heterocycles. The van der Waals surface area contributed by atoms with Crippen LogP contribution < -0.4 is 0 Å². The number of hydrogen-bond donors (Lipinski definition) is 0. The van der Waals surface area contributed by atoms with E-state index in [1.54, 1.807) is 29.4 Å². The van der Waals surface area contributed by atoms with Gasteiger partial charge in [0, 0.05) is 30.9 Å². The lowest BCUT2D eigenvalue weighted by molar-refractivity contribution is -0.135. The van der Waals surface area contributed by atoms with Gasteiger partial charge in [0.25, 0.3) is 5.89 Å². The Balaban J connectivity index is 1.47. The van der Waals surface area contributed by atoms with E-state index in [1.165, 1.54) is 12.0 Å². The Labute approximate surface area is 157 Å². The van der Waals surface area contributed by atoms with Gasteiger partial charge in [-0.2, -0.15) is 4.98 Å². The van der Waals surface area contributed by atoms with E-state index in [-0.39, 0.29) is 24.8 Å². The number of aromatic nitrogens is 3.